The van der Waals surface area contributed by atoms with Gasteiger partial charge in [0.25, 0.3) is 0 Å². The van der Waals surface area contributed by atoms with Crippen LogP contribution in [0.2, 0.25) is 0 Å². The van der Waals surface area contributed by atoms with E-state index in [4.69, 9.17) is 5.73 Å². The Morgan fingerprint density at radius 1 is 1.22 bits per heavy atom. The molecule has 1 saturated carbocycles. The first-order valence-corrected chi connectivity index (χ1v) is 6.13. The fourth-order valence-corrected chi connectivity index (χ4v) is 2.18. The number of hydrogen-bond donors (Lipinski definition) is 1. The van der Waals surface area contributed by atoms with Crippen molar-refractivity contribution < 1.29 is 18.0 Å². The molecule has 1 aliphatic heterocycles. The van der Waals surface area contributed by atoms with E-state index in [1.165, 1.54) is 4.90 Å². The second kappa shape index (κ2) is 4.38. The maximum Gasteiger partial charge on any atom is 0.403 e. The van der Waals surface area contributed by atoms with E-state index in [-0.39, 0.29) is 19.0 Å². The normalized spacial score (nSPS) is 25.9. The van der Waals surface area contributed by atoms with E-state index >= 15 is 0 Å². The maximum atomic E-state index is 12.5. The number of nitrogens with zero attached hydrogens (tertiary/aromatic N) is 2. The average molecular weight is 265 g/mol. The van der Waals surface area contributed by atoms with Gasteiger partial charge >= 0.3 is 6.18 Å². The highest BCUT2D eigenvalue weighted by Gasteiger charge is 2.49. The molecule has 1 atom stereocenters. The molecular weight excluding hydrogens is 247 g/mol. The summed E-state index contributed by atoms with van der Waals surface area (Å²) < 4.78 is 37.6. The summed E-state index contributed by atoms with van der Waals surface area (Å²) in [5.74, 6) is -0.109. The van der Waals surface area contributed by atoms with Crippen LogP contribution in [0.1, 0.15) is 19.8 Å². The van der Waals surface area contributed by atoms with Crippen molar-refractivity contribution in [1.82, 2.24) is 9.80 Å². The number of halogens is 3. The minimum atomic E-state index is -4.21. The maximum absolute atomic E-state index is 12.5. The number of carbonyl (C=O) groups excluding carboxylic acids is 1. The molecule has 18 heavy (non-hydrogen) atoms. The number of rotatable bonds is 2. The molecule has 2 rings (SSSR count). The van der Waals surface area contributed by atoms with Gasteiger partial charge in [-0.2, -0.15) is 13.2 Å². The fraction of sp³-hybridized carbons (Fsp3) is 0.909. The third kappa shape index (κ3) is 2.61. The zero-order chi connectivity index (χ0) is 13.6. The Morgan fingerprint density at radius 3 is 2.11 bits per heavy atom. The summed E-state index contributed by atoms with van der Waals surface area (Å²) in [7, 11) is 0. The largest absolute Gasteiger partial charge is 0.403 e. The predicted molar refractivity (Wildman–Crippen MR) is 59.8 cm³/mol. The summed E-state index contributed by atoms with van der Waals surface area (Å²) in [5.41, 5.74) is 5.08. The lowest BCUT2D eigenvalue weighted by molar-refractivity contribution is -0.183. The highest BCUT2D eigenvalue weighted by Crippen LogP contribution is 2.34. The van der Waals surface area contributed by atoms with Gasteiger partial charge < -0.3 is 10.6 Å². The van der Waals surface area contributed by atoms with Crippen LogP contribution >= 0.6 is 0 Å². The summed E-state index contributed by atoms with van der Waals surface area (Å²) in [6.07, 6.45) is -2.84. The Kier molecular flexibility index (Phi) is 3.31. The minimum absolute atomic E-state index is 0.109. The molecule has 1 aliphatic carbocycles. The third-order valence-corrected chi connectivity index (χ3v) is 3.84. The highest BCUT2D eigenvalue weighted by atomic mass is 19.4. The third-order valence-electron chi connectivity index (χ3n) is 3.84. The van der Waals surface area contributed by atoms with Crippen molar-refractivity contribution in [3.8, 4) is 0 Å². The van der Waals surface area contributed by atoms with Crippen LogP contribution in [-0.4, -0.2) is 59.6 Å². The van der Waals surface area contributed by atoms with E-state index in [1.807, 2.05) is 0 Å². The number of amides is 1. The molecular formula is C11H18F3N3O. The lowest BCUT2D eigenvalue weighted by atomic mass is 10.2. The highest BCUT2D eigenvalue weighted by molar-refractivity contribution is 5.89. The summed E-state index contributed by atoms with van der Waals surface area (Å²) in [6, 6.07) is -1.46. The molecule has 7 heteroatoms. The van der Waals surface area contributed by atoms with Crippen LogP contribution in [0.5, 0.6) is 0 Å². The molecule has 2 fully saturated rings. The van der Waals surface area contributed by atoms with Crippen molar-refractivity contribution in [1.29, 1.82) is 0 Å². The van der Waals surface area contributed by atoms with Crippen molar-refractivity contribution in [2.75, 3.05) is 26.2 Å². The minimum Gasteiger partial charge on any atom is -0.339 e. The lowest BCUT2D eigenvalue weighted by Crippen LogP contribution is -2.57. The Hall–Kier alpha value is -0.820. The van der Waals surface area contributed by atoms with Crippen LogP contribution in [0, 0.1) is 0 Å². The van der Waals surface area contributed by atoms with Gasteiger partial charge in [-0.25, -0.2) is 0 Å². The molecule has 0 aromatic rings. The first kappa shape index (κ1) is 13.6. The van der Waals surface area contributed by atoms with E-state index in [1.54, 1.807) is 4.90 Å². The molecule has 1 unspecified atom stereocenters. The molecule has 1 amide bonds. The van der Waals surface area contributed by atoms with Crippen molar-refractivity contribution in [2.45, 2.75) is 37.5 Å². The van der Waals surface area contributed by atoms with Crippen molar-refractivity contribution >= 4 is 5.91 Å². The Labute approximate surface area is 104 Å². The molecule has 0 bridgehead atoms. The molecule has 0 radical (unpaired) electrons. The number of alkyl halides is 3. The Morgan fingerprint density at radius 2 is 1.72 bits per heavy atom. The fourth-order valence-electron chi connectivity index (χ4n) is 2.18. The van der Waals surface area contributed by atoms with Crippen molar-refractivity contribution in [3.05, 3.63) is 0 Å². The topological polar surface area (TPSA) is 49.6 Å². The zero-order valence-electron chi connectivity index (χ0n) is 10.3. The van der Waals surface area contributed by atoms with E-state index in [2.05, 4.69) is 0 Å². The number of nitrogens with two attached hydrogens (primary N) is 1. The molecule has 2 aliphatic rings. The van der Waals surface area contributed by atoms with Crippen molar-refractivity contribution in [2.24, 2.45) is 5.73 Å². The molecule has 104 valence electrons. The van der Waals surface area contributed by atoms with Gasteiger partial charge in [-0.15, -0.1) is 0 Å². The monoisotopic (exact) mass is 265 g/mol. The Balaban J connectivity index is 1.86. The van der Waals surface area contributed by atoms with Gasteiger partial charge in [-0.3, -0.25) is 9.69 Å². The van der Waals surface area contributed by atoms with Gasteiger partial charge in [-0.1, -0.05) is 0 Å². The summed E-state index contributed by atoms with van der Waals surface area (Å²) in [6.45, 7) is 2.32. The molecule has 0 aromatic carbocycles. The van der Waals surface area contributed by atoms with Gasteiger partial charge in [0.15, 0.2) is 0 Å². The van der Waals surface area contributed by atoms with E-state index in [0.29, 0.717) is 25.9 Å². The first-order chi connectivity index (χ1) is 8.24. The average Bonchev–Trinajstić information content (AvgIpc) is 3.06. The van der Waals surface area contributed by atoms with Crippen LogP contribution in [0.15, 0.2) is 0 Å². The predicted octanol–water partition coefficient (Wildman–Crippen LogP) is 0.573. The van der Waals surface area contributed by atoms with Crippen LogP contribution in [0.4, 0.5) is 13.2 Å². The molecule has 4 nitrogen and oxygen atoms in total. The van der Waals surface area contributed by atoms with E-state index < -0.39 is 17.8 Å². The van der Waals surface area contributed by atoms with Crippen LogP contribution in [0.3, 0.4) is 0 Å². The van der Waals surface area contributed by atoms with Crippen molar-refractivity contribution in [3.63, 3.8) is 0 Å². The molecule has 0 spiro atoms. The van der Waals surface area contributed by atoms with Crippen LogP contribution in [0.25, 0.3) is 0 Å². The van der Waals surface area contributed by atoms with Gasteiger partial charge in [0.2, 0.25) is 5.91 Å². The molecule has 0 aromatic heterocycles. The standard InChI is InChI=1S/C11H18F3N3O/c1-8(11(12,13)14)16-4-6-17(7-5-16)9(18)10(15)2-3-10/h8H,2-7,15H2,1H3. The molecule has 1 heterocycles. The summed E-state index contributed by atoms with van der Waals surface area (Å²) in [5, 5.41) is 0. The SMILES string of the molecule is CC(N1CCN(C(=O)C2(N)CC2)CC1)C(F)(F)F. The summed E-state index contributed by atoms with van der Waals surface area (Å²) in [4.78, 5) is 14.9. The quantitative estimate of drug-likeness (QED) is 0.794. The van der Waals surface area contributed by atoms with Crippen LogP contribution < -0.4 is 5.73 Å². The zero-order valence-corrected chi connectivity index (χ0v) is 10.3. The number of piperazine rings is 1. The van der Waals surface area contributed by atoms with Gasteiger partial charge in [0.05, 0.1) is 5.54 Å². The number of carbonyl (C=O) groups is 1. The molecule has 1 saturated heterocycles. The van der Waals surface area contributed by atoms with Crippen LogP contribution in [-0.2, 0) is 4.79 Å². The van der Waals surface area contributed by atoms with E-state index in [0.717, 1.165) is 6.92 Å². The second-order valence-corrected chi connectivity index (χ2v) is 5.20. The second-order valence-electron chi connectivity index (χ2n) is 5.20. The number of hydrogen-bond acceptors (Lipinski definition) is 3. The first-order valence-electron chi connectivity index (χ1n) is 6.13. The lowest BCUT2D eigenvalue weighted by Gasteiger charge is -2.39. The van der Waals surface area contributed by atoms with Gasteiger partial charge in [-0.05, 0) is 19.8 Å². The Bertz CT molecular complexity index is 333. The summed E-state index contributed by atoms with van der Waals surface area (Å²) >= 11 is 0. The van der Waals surface area contributed by atoms with Gasteiger partial charge in [0, 0.05) is 26.2 Å². The van der Waals surface area contributed by atoms with Gasteiger partial charge in [0.1, 0.15) is 6.04 Å². The smallest absolute Gasteiger partial charge is 0.339 e. The molecule has 2 N–H and O–H groups in total. The van der Waals surface area contributed by atoms with E-state index in [9.17, 15) is 18.0 Å².